The first-order valence-corrected chi connectivity index (χ1v) is 16.1. The van der Waals surface area contributed by atoms with Crippen molar-refractivity contribution >= 4 is 21.6 Å². The quantitative estimate of drug-likeness (QED) is 0.273. The molecule has 1 amide bonds. The van der Waals surface area contributed by atoms with Gasteiger partial charge in [0.25, 0.3) is 15.9 Å². The maximum Gasteiger partial charge on any atom is 0.281 e. The lowest BCUT2D eigenvalue weighted by Gasteiger charge is -2.38. The van der Waals surface area contributed by atoms with E-state index in [2.05, 4.69) is 51.0 Å². The second-order valence-corrected chi connectivity index (χ2v) is 13.2. The van der Waals surface area contributed by atoms with Crippen LogP contribution in [-0.2, 0) is 23.6 Å². The Kier molecular flexibility index (Phi) is 9.38. The average Bonchev–Trinajstić information content (AvgIpc) is 3.47. The first-order valence-electron chi connectivity index (χ1n) is 14.6. The fourth-order valence-corrected chi connectivity index (χ4v) is 6.43. The van der Waals surface area contributed by atoms with Gasteiger partial charge in [-0.25, -0.2) is 4.98 Å². The number of imidazole rings is 1. The smallest absolute Gasteiger partial charge is 0.281 e. The highest BCUT2D eigenvalue weighted by molar-refractivity contribution is 7.92. The third-order valence-corrected chi connectivity index (χ3v) is 9.15. The summed E-state index contributed by atoms with van der Waals surface area (Å²) < 4.78 is 37.1. The number of nitrogens with one attached hydrogen (secondary N) is 1. The molecule has 1 aliphatic heterocycles. The molecule has 0 unspecified atom stereocenters. The number of hydrogen-bond acceptors (Lipinski definition) is 7. The van der Waals surface area contributed by atoms with Crippen LogP contribution >= 0.6 is 0 Å². The molecule has 0 saturated carbocycles. The van der Waals surface area contributed by atoms with E-state index < -0.39 is 22.2 Å². The number of hydrogen-bond donors (Lipinski definition) is 2. The average molecular weight is 618 g/mol. The van der Waals surface area contributed by atoms with Gasteiger partial charge in [-0.15, -0.1) is 0 Å². The fraction of sp³-hybridized carbons (Fsp3) is 0.333. The molecule has 3 aromatic carbocycles. The number of anilines is 1. The van der Waals surface area contributed by atoms with Gasteiger partial charge in [-0.2, -0.15) is 8.42 Å². The molecule has 11 heteroatoms. The summed E-state index contributed by atoms with van der Waals surface area (Å²) in [5.74, 6) is -0.314. The van der Waals surface area contributed by atoms with Gasteiger partial charge in [-0.3, -0.25) is 14.4 Å². The van der Waals surface area contributed by atoms with Crippen LogP contribution in [0.5, 0.6) is 5.75 Å². The molecular weight excluding hydrogens is 578 g/mol. The summed E-state index contributed by atoms with van der Waals surface area (Å²) in [7, 11) is -0.362. The molecule has 44 heavy (non-hydrogen) atoms. The molecule has 0 saturated heterocycles. The molecule has 0 bridgehead atoms. The number of aliphatic hydroxyl groups is 1. The van der Waals surface area contributed by atoms with E-state index >= 15 is 0 Å². The number of rotatable bonds is 10. The molecule has 0 aliphatic carbocycles. The Hall–Kier alpha value is -4.19. The van der Waals surface area contributed by atoms with Crippen molar-refractivity contribution in [3.05, 3.63) is 96.4 Å². The Labute approximate surface area is 259 Å². The minimum Gasteiger partial charge on any atom is -0.486 e. The zero-order valence-corrected chi connectivity index (χ0v) is 26.2. The van der Waals surface area contributed by atoms with Gasteiger partial charge in [0, 0.05) is 38.8 Å². The molecule has 1 aromatic heterocycles. The maximum absolute atomic E-state index is 13.8. The summed E-state index contributed by atoms with van der Waals surface area (Å²) in [5.41, 5.74) is 3.82. The van der Waals surface area contributed by atoms with E-state index in [1.807, 2.05) is 32.2 Å². The topological polar surface area (TPSA) is 117 Å². The largest absolute Gasteiger partial charge is 0.486 e. The Morgan fingerprint density at radius 3 is 2.43 bits per heavy atom. The molecule has 0 radical (unpaired) electrons. The molecule has 3 atom stereocenters. The molecule has 0 spiro atoms. The Morgan fingerprint density at radius 1 is 1.07 bits per heavy atom. The Bertz CT molecular complexity index is 1690. The summed E-state index contributed by atoms with van der Waals surface area (Å²) in [4.78, 5) is 21.5. The summed E-state index contributed by atoms with van der Waals surface area (Å²) in [6, 6.07) is 23.1. The van der Waals surface area contributed by atoms with Crippen molar-refractivity contribution in [2.24, 2.45) is 13.0 Å². The van der Waals surface area contributed by atoms with Gasteiger partial charge in [-0.05, 0) is 42.8 Å². The highest BCUT2D eigenvalue weighted by Crippen LogP contribution is 2.36. The monoisotopic (exact) mass is 617 g/mol. The minimum absolute atomic E-state index is 0.135. The summed E-state index contributed by atoms with van der Waals surface area (Å²) >= 11 is 0. The van der Waals surface area contributed by atoms with Crippen molar-refractivity contribution in [3.8, 4) is 16.9 Å². The molecule has 0 fully saturated rings. The molecule has 4 aromatic rings. The third kappa shape index (κ3) is 6.96. The maximum atomic E-state index is 13.8. The van der Waals surface area contributed by atoms with Crippen LogP contribution in [0.4, 0.5) is 5.69 Å². The first kappa shape index (κ1) is 31.2. The van der Waals surface area contributed by atoms with Crippen LogP contribution in [0.15, 0.2) is 90.3 Å². The van der Waals surface area contributed by atoms with Crippen LogP contribution in [0.1, 0.15) is 29.8 Å². The van der Waals surface area contributed by atoms with Gasteiger partial charge < -0.3 is 19.3 Å². The summed E-state index contributed by atoms with van der Waals surface area (Å²) in [6.07, 6.45) is 2.41. The van der Waals surface area contributed by atoms with Gasteiger partial charge in [0.15, 0.2) is 10.8 Å². The number of amides is 1. The van der Waals surface area contributed by atoms with E-state index in [9.17, 15) is 18.3 Å². The fourth-order valence-electron chi connectivity index (χ4n) is 5.38. The zero-order valence-electron chi connectivity index (χ0n) is 25.4. The molecule has 10 nitrogen and oxygen atoms in total. The number of sulfonamides is 1. The number of aryl methyl sites for hydroxylation is 1. The number of likely N-dealkylation sites (N-methyl/N-ethyl adjacent to an activating group) is 1. The highest BCUT2D eigenvalue weighted by atomic mass is 32.2. The van der Waals surface area contributed by atoms with Crippen LogP contribution < -0.4 is 9.46 Å². The van der Waals surface area contributed by atoms with Gasteiger partial charge in [0.2, 0.25) is 0 Å². The second kappa shape index (κ2) is 13.2. The van der Waals surface area contributed by atoms with Crippen molar-refractivity contribution in [3.63, 3.8) is 0 Å². The van der Waals surface area contributed by atoms with E-state index in [1.54, 1.807) is 41.6 Å². The number of nitrogens with zero attached hydrogens (tertiary/aromatic N) is 4. The highest BCUT2D eigenvalue weighted by Gasteiger charge is 2.35. The molecular formula is C33H39N5O5S. The van der Waals surface area contributed by atoms with Crippen molar-refractivity contribution < 1.29 is 23.1 Å². The number of ether oxygens (including phenoxy) is 1. The van der Waals surface area contributed by atoms with E-state index in [-0.39, 0.29) is 40.5 Å². The lowest BCUT2D eigenvalue weighted by molar-refractivity contribution is 0.0344. The van der Waals surface area contributed by atoms with Gasteiger partial charge in [0.1, 0.15) is 6.10 Å². The van der Waals surface area contributed by atoms with Gasteiger partial charge >= 0.3 is 0 Å². The molecule has 1 aliphatic rings. The lowest BCUT2D eigenvalue weighted by atomic mass is 9.98. The second-order valence-electron chi connectivity index (χ2n) is 11.5. The van der Waals surface area contributed by atoms with Crippen molar-refractivity contribution in [2.45, 2.75) is 37.6 Å². The predicted octanol–water partition coefficient (Wildman–Crippen LogP) is 4.24. The van der Waals surface area contributed by atoms with Crippen LogP contribution in [0, 0.1) is 5.92 Å². The van der Waals surface area contributed by atoms with E-state index in [4.69, 9.17) is 4.74 Å². The van der Waals surface area contributed by atoms with E-state index in [1.165, 1.54) is 12.5 Å². The summed E-state index contributed by atoms with van der Waals surface area (Å²) in [6.45, 7) is 5.14. The minimum atomic E-state index is -4.05. The first-order chi connectivity index (χ1) is 21.1. The summed E-state index contributed by atoms with van der Waals surface area (Å²) in [5, 5.41) is 9.83. The zero-order chi connectivity index (χ0) is 31.4. The van der Waals surface area contributed by atoms with Crippen molar-refractivity contribution in [1.82, 2.24) is 19.4 Å². The van der Waals surface area contributed by atoms with Crippen LogP contribution in [0.2, 0.25) is 0 Å². The number of aliphatic hydroxyl groups excluding tert-OH is 1. The SMILES string of the molecule is C[C@H]1CN([C@@H](C)CO)C(=O)c2cccc(NS(=O)(=O)c3cn(C)cn3)c2O[C@@H]1CN(C)Cc1ccc(-c2ccccc2)cc1. The van der Waals surface area contributed by atoms with E-state index in [0.29, 0.717) is 19.6 Å². The van der Waals surface area contributed by atoms with Crippen LogP contribution in [-0.4, -0.2) is 77.7 Å². The number of benzene rings is 3. The van der Waals surface area contributed by atoms with Gasteiger partial charge in [0.05, 0.1) is 30.2 Å². The Balaban J connectivity index is 1.42. The number of fused-ring (bicyclic) bond motifs is 1. The standard InChI is InChI=1S/C33H39N5O5S/c1-23-17-38(24(2)21-39)33(40)28-11-8-12-29(35-44(41,42)31-20-37(4)22-34-31)32(28)43-30(23)19-36(3)18-25-13-15-27(16-14-25)26-9-6-5-7-10-26/h5-16,20,22-24,30,35,39H,17-19,21H2,1-4H3/t23-,24-,30+/m0/s1. The Morgan fingerprint density at radius 2 is 1.77 bits per heavy atom. The van der Waals surface area contributed by atoms with Crippen molar-refractivity contribution in [1.29, 1.82) is 0 Å². The van der Waals surface area contributed by atoms with Gasteiger partial charge in [-0.1, -0.05) is 67.6 Å². The molecule has 2 N–H and O–H groups in total. The number of carbonyl (C=O) groups is 1. The predicted molar refractivity (Wildman–Crippen MR) is 170 cm³/mol. The number of aromatic nitrogens is 2. The van der Waals surface area contributed by atoms with E-state index in [0.717, 1.165) is 16.7 Å². The molecule has 5 rings (SSSR count). The molecule has 232 valence electrons. The van der Waals surface area contributed by atoms with Crippen LogP contribution in [0.3, 0.4) is 0 Å². The number of carbonyl (C=O) groups excluding carboxylic acids is 1. The lowest BCUT2D eigenvalue weighted by Crippen LogP contribution is -2.49. The molecule has 2 heterocycles. The normalized spacial score (nSPS) is 17.9. The third-order valence-electron chi connectivity index (χ3n) is 7.90. The van der Waals surface area contributed by atoms with Crippen molar-refractivity contribution in [2.75, 3.05) is 31.5 Å². The van der Waals surface area contributed by atoms with Crippen LogP contribution in [0.25, 0.3) is 11.1 Å². The number of para-hydroxylation sites is 1.